The van der Waals surface area contributed by atoms with Crippen molar-refractivity contribution in [1.29, 1.82) is 0 Å². The number of benzene rings is 2. The van der Waals surface area contributed by atoms with Crippen molar-refractivity contribution in [1.82, 2.24) is 4.98 Å². The Morgan fingerprint density at radius 3 is 2.08 bits per heavy atom. The van der Waals surface area contributed by atoms with Gasteiger partial charge in [-0.05, 0) is 65.0 Å². The van der Waals surface area contributed by atoms with Gasteiger partial charge in [0.25, 0.3) is 0 Å². The molecule has 0 amide bonds. The Balaban J connectivity index is 1.53. The Bertz CT molecular complexity index is 1360. The van der Waals surface area contributed by atoms with Crippen molar-refractivity contribution in [3.63, 3.8) is 0 Å². The minimum atomic E-state index is -3.47. The van der Waals surface area contributed by atoms with Crippen LogP contribution in [-0.4, -0.2) is 31.7 Å². The summed E-state index contributed by atoms with van der Waals surface area (Å²) in [5.41, 5.74) is 5.09. The predicted octanol–water partition coefficient (Wildman–Crippen LogP) is 8.85. The average Bonchev–Trinajstić information content (AvgIpc) is 3.33. The minimum absolute atomic E-state index is 0.138. The van der Waals surface area contributed by atoms with E-state index in [4.69, 9.17) is 28.2 Å². The molecular formula is C30H38Cl2N2O2S2. The van der Waals surface area contributed by atoms with Gasteiger partial charge in [0.15, 0.2) is 15.0 Å². The third kappa shape index (κ3) is 6.24. The number of halogens is 2. The molecule has 1 aliphatic rings. The Labute approximate surface area is 242 Å². The summed E-state index contributed by atoms with van der Waals surface area (Å²) in [6.07, 6.45) is 1.84. The molecule has 8 heteroatoms. The first-order chi connectivity index (χ1) is 17.9. The van der Waals surface area contributed by atoms with Crippen LogP contribution in [0.25, 0.3) is 0 Å². The summed E-state index contributed by atoms with van der Waals surface area (Å²) in [4.78, 5) is 7.65. The fraction of sp³-hybridized carbons (Fsp3) is 0.500. The number of nitrogens with zero attached hydrogens (tertiary/aromatic N) is 2. The van der Waals surface area contributed by atoms with Crippen LogP contribution in [0.4, 0.5) is 5.13 Å². The molecule has 0 spiro atoms. The smallest absolute Gasteiger partial charge is 0.185 e. The van der Waals surface area contributed by atoms with Crippen LogP contribution in [0.3, 0.4) is 0 Å². The molecule has 0 bridgehead atoms. The highest BCUT2D eigenvalue weighted by atomic mass is 35.5. The molecular weight excluding hydrogens is 555 g/mol. The number of piperidine rings is 1. The third-order valence-electron chi connectivity index (χ3n) is 7.44. The fourth-order valence-corrected chi connectivity index (χ4v) is 8.89. The quantitative estimate of drug-likeness (QED) is 0.262. The van der Waals surface area contributed by atoms with Crippen LogP contribution in [0.15, 0.2) is 40.6 Å². The summed E-state index contributed by atoms with van der Waals surface area (Å²) in [6.45, 7) is 14.1. The van der Waals surface area contributed by atoms with E-state index in [0.717, 1.165) is 27.5 Å². The van der Waals surface area contributed by atoms with E-state index >= 15 is 0 Å². The molecule has 38 heavy (non-hydrogen) atoms. The molecule has 0 atom stereocenters. The lowest BCUT2D eigenvalue weighted by molar-refractivity contribution is 0.526. The molecule has 1 fully saturated rings. The van der Waals surface area contributed by atoms with Crippen LogP contribution in [0.5, 0.6) is 0 Å². The molecule has 0 unspecified atom stereocenters. The lowest BCUT2D eigenvalue weighted by Gasteiger charge is -2.33. The third-order valence-corrected chi connectivity index (χ3v) is 11.4. The van der Waals surface area contributed by atoms with Crippen LogP contribution < -0.4 is 4.90 Å². The number of hydrogen-bond acceptors (Lipinski definition) is 5. The minimum Gasteiger partial charge on any atom is -0.348 e. The van der Waals surface area contributed by atoms with E-state index < -0.39 is 9.84 Å². The van der Waals surface area contributed by atoms with Gasteiger partial charge in [-0.2, -0.15) is 0 Å². The fourth-order valence-electron chi connectivity index (χ4n) is 5.13. The highest BCUT2D eigenvalue weighted by molar-refractivity contribution is 7.92. The first-order valence-electron chi connectivity index (χ1n) is 13.4. The Morgan fingerprint density at radius 1 is 0.947 bits per heavy atom. The lowest BCUT2D eigenvalue weighted by Crippen LogP contribution is -2.40. The second kappa shape index (κ2) is 11.9. The van der Waals surface area contributed by atoms with Gasteiger partial charge in [0.1, 0.15) is 0 Å². The second-order valence-corrected chi connectivity index (χ2v) is 15.1. The van der Waals surface area contributed by atoms with E-state index in [-0.39, 0.29) is 17.1 Å². The van der Waals surface area contributed by atoms with Crippen LogP contribution in [-0.2, 0) is 16.3 Å². The topological polar surface area (TPSA) is 50.3 Å². The van der Waals surface area contributed by atoms with Gasteiger partial charge in [0.2, 0.25) is 0 Å². The maximum atomic E-state index is 14.2. The molecule has 1 aromatic heterocycles. The first kappa shape index (κ1) is 29.4. The van der Waals surface area contributed by atoms with Crippen molar-refractivity contribution in [2.75, 3.05) is 18.0 Å². The molecule has 0 N–H and O–H groups in total. The zero-order valence-electron chi connectivity index (χ0n) is 23.1. The average molecular weight is 594 g/mol. The maximum absolute atomic E-state index is 14.2. The zero-order valence-corrected chi connectivity index (χ0v) is 26.2. The van der Waals surface area contributed by atoms with E-state index in [1.165, 1.54) is 5.56 Å². The highest BCUT2D eigenvalue weighted by Gasteiger charge is 2.36. The van der Waals surface area contributed by atoms with E-state index in [0.29, 0.717) is 53.2 Å². The predicted molar refractivity (Wildman–Crippen MR) is 163 cm³/mol. The van der Waals surface area contributed by atoms with E-state index in [1.54, 1.807) is 17.4 Å². The van der Waals surface area contributed by atoms with Crippen molar-refractivity contribution in [3.8, 4) is 0 Å². The van der Waals surface area contributed by atoms with Gasteiger partial charge in [-0.3, -0.25) is 0 Å². The van der Waals surface area contributed by atoms with E-state index in [9.17, 15) is 8.42 Å². The zero-order chi connectivity index (χ0) is 27.8. The highest BCUT2D eigenvalue weighted by Crippen LogP contribution is 2.39. The van der Waals surface area contributed by atoms with E-state index in [2.05, 4.69) is 64.0 Å². The van der Waals surface area contributed by atoms with Gasteiger partial charge < -0.3 is 4.90 Å². The molecule has 2 heterocycles. The monoisotopic (exact) mass is 592 g/mol. The van der Waals surface area contributed by atoms with Crippen LogP contribution in [0.2, 0.25) is 10.0 Å². The number of sulfone groups is 1. The molecule has 4 rings (SSSR count). The summed E-state index contributed by atoms with van der Waals surface area (Å²) in [6, 6.07) is 9.79. The maximum Gasteiger partial charge on any atom is 0.185 e. The first-order valence-corrected chi connectivity index (χ1v) is 16.6. The van der Waals surface area contributed by atoms with Gasteiger partial charge in [-0.25, -0.2) is 13.4 Å². The number of rotatable bonds is 8. The van der Waals surface area contributed by atoms with Gasteiger partial charge >= 0.3 is 0 Å². The number of anilines is 1. The van der Waals surface area contributed by atoms with Gasteiger partial charge in [-0.15, -0.1) is 11.3 Å². The second-order valence-electron chi connectivity index (χ2n) is 11.3. The van der Waals surface area contributed by atoms with Crippen LogP contribution >= 0.6 is 34.5 Å². The van der Waals surface area contributed by atoms with Crippen molar-refractivity contribution in [2.24, 2.45) is 0 Å². The number of aromatic nitrogens is 1. The number of hydrogen-bond donors (Lipinski definition) is 0. The number of thiazole rings is 1. The molecule has 0 saturated carbocycles. The summed E-state index contributed by atoms with van der Waals surface area (Å²) < 4.78 is 28.3. The van der Waals surface area contributed by atoms with Crippen molar-refractivity contribution in [2.45, 2.75) is 88.7 Å². The van der Waals surface area contributed by atoms with E-state index in [1.807, 2.05) is 12.1 Å². The molecule has 0 aliphatic carbocycles. The Morgan fingerprint density at radius 2 is 1.55 bits per heavy atom. The molecule has 2 aromatic carbocycles. The van der Waals surface area contributed by atoms with Gasteiger partial charge in [-0.1, -0.05) is 82.9 Å². The molecule has 4 nitrogen and oxygen atoms in total. The van der Waals surface area contributed by atoms with Crippen molar-refractivity contribution < 1.29 is 8.42 Å². The largest absolute Gasteiger partial charge is 0.348 e. The SMILES string of the molecule is CC(C)c1cc(C(C)C)c(S(=O)(=O)C2CCN(c3nc(Cc4ccc(Cl)cc4Cl)cs3)CC2)c(C(C)C)c1. The summed E-state index contributed by atoms with van der Waals surface area (Å²) in [5.74, 6) is 0.627. The molecule has 3 aromatic rings. The summed E-state index contributed by atoms with van der Waals surface area (Å²) in [5, 5.41) is 3.87. The van der Waals surface area contributed by atoms with Crippen molar-refractivity contribution in [3.05, 3.63) is 73.7 Å². The standard InChI is InChI=1S/C30H38Cl2N2O2S2/c1-18(2)22-14-26(19(3)4)29(27(15-22)20(5)6)38(35,36)25-9-11-34(12-10-25)30-33-24(17-37-30)13-21-7-8-23(31)16-28(21)32/h7-8,14-20,25H,9-13H2,1-6H3. The molecule has 0 radical (unpaired) electrons. The Kier molecular flexibility index (Phi) is 9.18. The summed E-state index contributed by atoms with van der Waals surface area (Å²) >= 11 is 14.0. The molecule has 206 valence electrons. The Hall–Kier alpha value is -1.60. The lowest BCUT2D eigenvalue weighted by atomic mass is 9.89. The molecule has 1 saturated heterocycles. The van der Waals surface area contributed by atoms with Crippen LogP contribution in [0, 0.1) is 0 Å². The van der Waals surface area contributed by atoms with Gasteiger partial charge in [0.05, 0.1) is 15.8 Å². The molecule has 1 aliphatic heterocycles. The van der Waals surface area contributed by atoms with Crippen LogP contribution in [0.1, 0.15) is 100 Å². The summed E-state index contributed by atoms with van der Waals surface area (Å²) in [7, 11) is -3.47. The normalized spacial score (nSPS) is 15.3. The van der Waals surface area contributed by atoms with Crippen molar-refractivity contribution >= 4 is 49.5 Å². The van der Waals surface area contributed by atoms with Gasteiger partial charge in [0, 0.05) is 34.9 Å².